The Hall–Kier alpha value is -2.81. The molecule has 6 heteroatoms. The number of amides is 1. The molecular formula is C14H14N2O4. The number of benzene rings is 1. The molecule has 0 heterocycles. The first kappa shape index (κ1) is 15.2. The molecular weight excluding hydrogens is 260 g/mol. The summed E-state index contributed by atoms with van der Waals surface area (Å²) in [6.07, 6.45) is 1.35. The number of esters is 1. The number of nitrogens with two attached hydrogens (primary N) is 1. The molecule has 0 radical (unpaired) electrons. The Morgan fingerprint density at radius 1 is 1.45 bits per heavy atom. The lowest BCUT2D eigenvalue weighted by atomic mass is 10.1. The van der Waals surface area contributed by atoms with Gasteiger partial charge in [0.1, 0.15) is 17.4 Å². The summed E-state index contributed by atoms with van der Waals surface area (Å²) in [5.74, 6) is -0.845. The van der Waals surface area contributed by atoms with E-state index in [9.17, 15) is 9.59 Å². The molecule has 0 saturated carbocycles. The van der Waals surface area contributed by atoms with Gasteiger partial charge >= 0.3 is 5.97 Å². The van der Waals surface area contributed by atoms with Crippen molar-refractivity contribution < 1.29 is 19.1 Å². The van der Waals surface area contributed by atoms with E-state index in [4.69, 9.17) is 20.5 Å². The summed E-state index contributed by atoms with van der Waals surface area (Å²) < 4.78 is 9.96. The largest absolute Gasteiger partial charge is 0.482 e. The second-order valence-electron chi connectivity index (χ2n) is 3.70. The van der Waals surface area contributed by atoms with Crippen LogP contribution in [0.15, 0.2) is 29.8 Å². The molecule has 6 nitrogen and oxygen atoms in total. The zero-order chi connectivity index (χ0) is 15.0. The Bertz CT molecular complexity index is 573. The van der Waals surface area contributed by atoms with Crippen LogP contribution in [0.2, 0.25) is 0 Å². The molecule has 0 fully saturated rings. The van der Waals surface area contributed by atoms with Crippen LogP contribution in [0.4, 0.5) is 0 Å². The molecule has 0 saturated heterocycles. The maximum atomic E-state index is 11.2. The Labute approximate surface area is 116 Å². The normalized spacial score (nSPS) is 10.5. The molecule has 2 N–H and O–H groups in total. The Morgan fingerprint density at radius 2 is 2.20 bits per heavy atom. The smallest absolute Gasteiger partial charge is 0.344 e. The molecule has 0 spiro atoms. The molecule has 0 bridgehead atoms. The van der Waals surface area contributed by atoms with Crippen molar-refractivity contribution in [3.8, 4) is 11.8 Å². The van der Waals surface area contributed by atoms with Crippen LogP contribution in [0.25, 0.3) is 6.08 Å². The van der Waals surface area contributed by atoms with E-state index in [2.05, 4.69) is 0 Å². The lowest BCUT2D eigenvalue weighted by molar-refractivity contribution is -0.145. The maximum Gasteiger partial charge on any atom is 0.344 e. The van der Waals surface area contributed by atoms with Gasteiger partial charge in [0.2, 0.25) is 0 Å². The minimum Gasteiger partial charge on any atom is -0.482 e. The van der Waals surface area contributed by atoms with Gasteiger partial charge in [-0.25, -0.2) is 4.79 Å². The van der Waals surface area contributed by atoms with Crippen LogP contribution in [0.3, 0.4) is 0 Å². The number of ether oxygens (including phenoxy) is 2. The first-order chi connectivity index (χ1) is 9.56. The number of nitriles is 1. The highest BCUT2D eigenvalue weighted by Gasteiger charge is 2.05. The molecule has 0 aliphatic carbocycles. The lowest BCUT2D eigenvalue weighted by Gasteiger charge is -2.06. The zero-order valence-electron chi connectivity index (χ0n) is 11.0. The Balaban J connectivity index is 2.79. The van der Waals surface area contributed by atoms with Crippen molar-refractivity contribution in [1.29, 1.82) is 5.26 Å². The first-order valence-electron chi connectivity index (χ1n) is 5.87. The summed E-state index contributed by atoms with van der Waals surface area (Å²) in [5.41, 5.74) is 5.45. The summed E-state index contributed by atoms with van der Waals surface area (Å²) in [5, 5.41) is 8.75. The van der Waals surface area contributed by atoms with E-state index in [1.165, 1.54) is 6.08 Å². The second kappa shape index (κ2) is 7.59. The third-order valence-corrected chi connectivity index (χ3v) is 2.22. The monoisotopic (exact) mass is 274 g/mol. The number of hydrogen-bond donors (Lipinski definition) is 1. The molecule has 0 unspecified atom stereocenters. The average molecular weight is 274 g/mol. The van der Waals surface area contributed by atoms with Gasteiger partial charge in [-0.2, -0.15) is 5.26 Å². The van der Waals surface area contributed by atoms with Crippen LogP contribution in [-0.4, -0.2) is 25.1 Å². The van der Waals surface area contributed by atoms with E-state index < -0.39 is 11.9 Å². The van der Waals surface area contributed by atoms with Crippen molar-refractivity contribution >= 4 is 18.0 Å². The second-order valence-corrected chi connectivity index (χ2v) is 3.70. The molecule has 0 aliphatic heterocycles. The van der Waals surface area contributed by atoms with Crippen LogP contribution >= 0.6 is 0 Å². The van der Waals surface area contributed by atoms with Gasteiger partial charge in [-0.15, -0.1) is 0 Å². The number of carbonyl (C=O) groups excluding carboxylic acids is 2. The third-order valence-electron chi connectivity index (χ3n) is 2.22. The van der Waals surface area contributed by atoms with Crippen molar-refractivity contribution in [2.45, 2.75) is 6.92 Å². The van der Waals surface area contributed by atoms with Gasteiger partial charge in [0, 0.05) is 0 Å². The number of hydrogen-bond acceptors (Lipinski definition) is 5. The van der Waals surface area contributed by atoms with Crippen molar-refractivity contribution in [2.24, 2.45) is 5.73 Å². The SMILES string of the molecule is CCOC(=O)COc1cccc(/C=C(\C#N)C(N)=O)c1. The minimum absolute atomic E-state index is 0.160. The van der Waals surface area contributed by atoms with E-state index in [0.29, 0.717) is 11.3 Å². The van der Waals surface area contributed by atoms with Gasteiger partial charge in [0.05, 0.1) is 6.61 Å². The van der Waals surface area contributed by atoms with Crippen LogP contribution in [0.5, 0.6) is 5.75 Å². The highest BCUT2D eigenvalue weighted by molar-refractivity contribution is 6.00. The number of primary amides is 1. The number of nitrogens with zero attached hydrogens (tertiary/aromatic N) is 1. The van der Waals surface area contributed by atoms with Crippen molar-refractivity contribution in [3.05, 3.63) is 35.4 Å². The topological polar surface area (TPSA) is 102 Å². The molecule has 1 amide bonds. The summed E-state index contributed by atoms with van der Waals surface area (Å²) in [6, 6.07) is 8.28. The van der Waals surface area contributed by atoms with Crippen LogP contribution in [0.1, 0.15) is 12.5 Å². The number of rotatable bonds is 6. The molecule has 1 rings (SSSR count). The van der Waals surface area contributed by atoms with Crippen molar-refractivity contribution in [3.63, 3.8) is 0 Å². The summed E-state index contributed by atoms with van der Waals surface area (Å²) in [4.78, 5) is 22.1. The standard InChI is InChI=1S/C14H14N2O4/c1-2-19-13(17)9-20-12-5-3-4-10(7-12)6-11(8-15)14(16)18/h3-7H,2,9H2,1H3,(H2,16,18)/b11-6+. The molecule has 0 aromatic heterocycles. The van der Waals surface area contributed by atoms with E-state index >= 15 is 0 Å². The molecule has 0 atom stereocenters. The lowest BCUT2D eigenvalue weighted by Crippen LogP contribution is -2.14. The molecule has 1 aromatic carbocycles. The molecule has 20 heavy (non-hydrogen) atoms. The van der Waals surface area contributed by atoms with Crippen molar-refractivity contribution in [2.75, 3.05) is 13.2 Å². The highest BCUT2D eigenvalue weighted by atomic mass is 16.6. The van der Waals surface area contributed by atoms with E-state index in [0.717, 1.165) is 0 Å². The van der Waals surface area contributed by atoms with Crippen LogP contribution < -0.4 is 10.5 Å². The summed E-state index contributed by atoms with van der Waals surface area (Å²) in [7, 11) is 0. The average Bonchev–Trinajstić information content (AvgIpc) is 2.43. The van der Waals surface area contributed by atoms with Crippen LogP contribution in [0, 0.1) is 11.3 Å². The Kier molecular flexibility index (Phi) is 5.78. The van der Waals surface area contributed by atoms with E-state index in [1.54, 1.807) is 37.3 Å². The molecule has 0 aliphatic rings. The first-order valence-corrected chi connectivity index (χ1v) is 5.87. The van der Waals surface area contributed by atoms with Gasteiger partial charge in [-0.05, 0) is 30.7 Å². The van der Waals surface area contributed by atoms with Gasteiger partial charge < -0.3 is 15.2 Å². The quantitative estimate of drug-likeness (QED) is 0.474. The molecule has 104 valence electrons. The predicted octanol–water partition coefficient (Wildman–Crippen LogP) is 1.02. The van der Waals surface area contributed by atoms with E-state index in [-0.39, 0.29) is 18.8 Å². The van der Waals surface area contributed by atoms with Gasteiger partial charge in [0.25, 0.3) is 5.91 Å². The summed E-state index contributed by atoms with van der Waals surface area (Å²) in [6.45, 7) is 1.79. The molecule has 1 aromatic rings. The maximum absolute atomic E-state index is 11.2. The number of carbonyl (C=O) groups is 2. The fraction of sp³-hybridized carbons (Fsp3) is 0.214. The van der Waals surface area contributed by atoms with Gasteiger partial charge in [-0.1, -0.05) is 12.1 Å². The van der Waals surface area contributed by atoms with Crippen LogP contribution in [-0.2, 0) is 14.3 Å². The Morgan fingerprint density at radius 3 is 2.80 bits per heavy atom. The zero-order valence-corrected chi connectivity index (χ0v) is 11.0. The summed E-state index contributed by atoms with van der Waals surface area (Å²) >= 11 is 0. The van der Waals surface area contributed by atoms with Crippen molar-refractivity contribution in [1.82, 2.24) is 0 Å². The third kappa shape index (κ3) is 4.82. The fourth-order valence-corrected chi connectivity index (χ4v) is 1.36. The highest BCUT2D eigenvalue weighted by Crippen LogP contribution is 2.15. The van der Waals surface area contributed by atoms with Gasteiger partial charge in [-0.3, -0.25) is 4.79 Å². The minimum atomic E-state index is -0.801. The van der Waals surface area contributed by atoms with E-state index in [1.807, 2.05) is 0 Å². The fourth-order valence-electron chi connectivity index (χ4n) is 1.36. The predicted molar refractivity (Wildman–Crippen MR) is 71.4 cm³/mol. The van der Waals surface area contributed by atoms with Gasteiger partial charge in [0.15, 0.2) is 6.61 Å².